The van der Waals surface area contributed by atoms with Crippen LogP contribution in [0.1, 0.15) is 17.0 Å². The van der Waals surface area contributed by atoms with E-state index in [-0.39, 0.29) is 12.5 Å². The second kappa shape index (κ2) is 8.19. The molecule has 5 nitrogen and oxygen atoms in total. The highest BCUT2D eigenvalue weighted by Gasteiger charge is 2.13. The zero-order chi connectivity index (χ0) is 18.5. The lowest BCUT2D eigenvalue weighted by Crippen LogP contribution is -2.32. The van der Waals surface area contributed by atoms with Gasteiger partial charge in [0.25, 0.3) is 5.91 Å². The molecule has 0 bridgehead atoms. The fourth-order valence-electron chi connectivity index (χ4n) is 2.95. The number of para-hydroxylation sites is 1. The van der Waals surface area contributed by atoms with Gasteiger partial charge in [0.1, 0.15) is 5.75 Å². The van der Waals surface area contributed by atoms with Crippen molar-refractivity contribution in [2.75, 3.05) is 13.2 Å². The Morgan fingerprint density at radius 3 is 2.77 bits per heavy atom. The summed E-state index contributed by atoms with van der Waals surface area (Å²) >= 11 is 1.68. The summed E-state index contributed by atoms with van der Waals surface area (Å²) in [5.41, 5.74) is 5.53. The van der Waals surface area contributed by atoms with Gasteiger partial charge in [-0.3, -0.25) is 9.48 Å². The monoisotopic (exact) mass is 369 g/mol. The Balaban J connectivity index is 1.51. The molecule has 6 heteroatoms. The first-order valence-corrected chi connectivity index (χ1v) is 9.52. The van der Waals surface area contributed by atoms with Gasteiger partial charge in [-0.15, -0.1) is 0 Å². The van der Waals surface area contributed by atoms with Gasteiger partial charge in [0.2, 0.25) is 0 Å². The molecule has 0 aliphatic carbocycles. The van der Waals surface area contributed by atoms with Gasteiger partial charge in [-0.05, 0) is 54.8 Å². The number of thiophene rings is 1. The van der Waals surface area contributed by atoms with Crippen LogP contribution >= 0.6 is 11.3 Å². The Morgan fingerprint density at radius 2 is 2.04 bits per heavy atom. The van der Waals surface area contributed by atoms with Gasteiger partial charge in [0.05, 0.1) is 12.2 Å². The Bertz CT molecular complexity index is 885. The molecule has 136 valence electrons. The number of amides is 1. The third-order valence-electron chi connectivity index (χ3n) is 4.29. The predicted octanol–water partition coefficient (Wildman–Crippen LogP) is 3.73. The zero-order valence-corrected chi connectivity index (χ0v) is 16.1. The van der Waals surface area contributed by atoms with Gasteiger partial charge >= 0.3 is 0 Å². The van der Waals surface area contributed by atoms with Crippen molar-refractivity contribution in [3.8, 4) is 16.9 Å². The molecule has 3 rings (SSSR count). The van der Waals surface area contributed by atoms with Crippen molar-refractivity contribution < 1.29 is 9.53 Å². The second-order valence-electron chi connectivity index (χ2n) is 6.19. The Morgan fingerprint density at radius 1 is 1.23 bits per heavy atom. The smallest absolute Gasteiger partial charge is 0.258 e. The van der Waals surface area contributed by atoms with Crippen molar-refractivity contribution in [3.63, 3.8) is 0 Å². The summed E-state index contributed by atoms with van der Waals surface area (Å²) in [4.78, 5) is 12.0. The molecule has 2 aromatic heterocycles. The summed E-state index contributed by atoms with van der Waals surface area (Å²) in [6, 6.07) is 9.78. The molecule has 1 amide bonds. The van der Waals surface area contributed by atoms with E-state index in [1.807, 2.05) is 42.8 Å². The van der Waals surface area contributed by atoms with Crippen LogP contribution in [0.3, 0.4) is 0 Å². The van der Waals surface area contributed by atoms with Crippen LogP contribution in [0.5, 0.6) is 5.75 Å². The first-order chi connectivity index (χ1) is 12.6. The molecule has 0 aliphatic heterocycles. The Kier molecular flexibility index (Phi) is 5.73. The van der Waals surface area contributed by atoms with Crippen LogP contribution < -0.4 is 10.1 Å². The number of aromatic nitrogens is 2. The first kappa shape index (κ1) is 18.2. The molecule has 3 aromatic rings. The van der Waals surface area contributed by atoms with Crippen LogP contribution in [0.15, 0.2) is 41.1 Å². The Hall–Kier alpha value is -2.60. The zero-order valence-electron chi connectivity index (χ0n) is 15.3. The minimum absolute atomic E-state index is 0.0160. The van der Waals surface area contributed by atoms with Gasteiger partial charge in [-0.2, -0.15) is 16.4 Å². The highest BCUT2D eigenvalue weighted by Crippen LogP contribution is 2.28. The van der Waals surface area contributed by atoms with Gasteiger partial charge in [-0.1, -0.05) is 18.2 Å². The number of rotatable bonds is 7. The number of hydrogen-bond acceptors (Lipinski definition) is 4. The van der Waals surface area contributed by atoms with Gasteiger partial charge in [0.15, 0.2) is 6.61 Å². The summed E-state index contributed by atoms with van der Waals surface area (Å²) < 4.78 is 7.51. The van der Waals surface area contributed by atoms with E-state index in [0.717, 1.165) is 22.7 Å². The van der Waals surface area contributed by atoms with Crippen molar-refractivity contribution in [1.82, 2.24) is 15.1 Å². The van der Waals surface area contributed by atoms with Crippen LogP contribution in [-0.2, 0) is 11.3 Å². The summed E-state index contributed by atoms with van der Waals surface area (Å²) in [5, 5.41) is 11.7. The van der Waals surface area contributed by atoms with E-state index in [9.17, 15) is 4.79 Å². The van der Waals surface area contributed by atoms with E-state index in [4.69, 9.17) is 4.74 Å². The average molecular weight is 369 g/mol. The summed E-state index contributed by atoms with van der Waals surface area (Å²) in [5.74, 6) is 0.606. The molecule has 1 aromatic carbocycles. The highest BCUT2D eigenvalue weighted by molar-refractivity contribution is 7.08. The largest absolute Gasteiger partial charge is 0.484 e. The molecule has 0 radical (unpaired) electrons. The molecule has 1 N–H and O–H groups in total. The molecule has 2 heterocycles. The number of benzene rings is 1. The third kappa shape index (κ3) is 4.14. The number of nitrogens with one attached hydrogen (secondary N) is 1. The molecule has 0 aliphatic rings. The molecular formula is C20H23N3O2S. The Labute approximate surface area is 157 Å². The van der Waals surface area contributed by atoms with Crippen LogP contribution in [0.25, 0.3) is 11.1 Å². The maximum Gasteiger partial charge on any atom is 0.258 e. The van der Waals surface area contributed by atoms with Crippen molar-refractivity contribution in [1.29, 1.82) is 0 Å². The third-order valence-corrected chi connectivity index (χ3v) is 4.97. The minimum Gasteiger partial charge on any atom is -0.484 e. The SMILES string of the molecule is Cc1ccccc1OCC(=O)NCCn1nc(C)c(-c2ccsc2)c1C. The van der Waals surface area contributed by atoms with E-state index in [0.29, 0.717) is 13.1 Å². The fourth-order valence-corrected chi connectivity index (χ4v) is 3.60. The van der Waals surface area contributed by atoms with Crippen LogP contribution in [0, 0.1) is 20.8 Å². The lowest BCUT2D eigenvalue weighted by molar-refractivity contribution is -0.123. The van der Waals surface area contributed by atoms with Crippen LogP contribution in [0.2, 0.25) is 0 Å². The molecule has 26 heavy (non-hydrogen) atoms. The predicted molar refractivity (Wildman–Crippen MR) is 105 cm³/mol. The van der Waals surface area contributed by atoms with Crippen molar-refractivity contribution >= 4 is 17.2 Å². The molecule has 0 unspecified atom stereocenters. The number of aryl methyl sites for hydroxylation is 2. The van der Waals surface area contributed by atoms with E-state index < -0.39 is 0 Å². The van der Waals surface area contributed by atoms with Gasteiger partial charge < -0.3 is 10.1 Å². The van der Waals surface area contributed by atoms with Crippen molar-refractivity contribution in [2.45, 2.75) is 27.3 Å². The van der Waals surface area contributed by atoms with Gasteiger partial charge in [-0.25, -0.2) is 0 Å². The van der Waals surface area contributed by atoms with E-state index in [1.54, 1.807) is 11.3 Å². The first-order valence-electron chi connectivity index (χ1n) is 8.58. The quantitative estimate of drug-likeness (QED) is 0.690. The number of hydrogen-bond donors (Lipinski definition) is 1. The number of nitrogens with zero attached hydrogens (tertiary/aromatic N) is 2. The number of carbonyl (C=O) groups is 1. The van der Waals surface area contributed by atoms with E-state index in [2.05, 4.69) is 34.2 Å². The maximum atomic E-state index is 12.0. The summed E-state index contributed by atoms with van der Waals surface area (Å²) in [7, 11) is 0. The van der Waals surface area contributed by atoms with Crippen molar-refractivity contribution in [3.05, 3.63) is 58.0 Å². The summed E-state index contributed by atoms with van der Waals surface area (Å²) in [6.07, 6.45) is 0. The van der Waals surface area contributed by atoms with Gasteiger partial charge in [0, 0.05) is 17.8 Å². The van der Waals surface area contributed by atoms with E-state index in [1.165, 1.54) is 11.1 Å². The molecular weight excluding hydrogens is 346 g/mol. The standard InChI is InChI=1S/C20H23N3O2S/c1-14-6-4-5-7-18(14)25-12-19(24)21-9-10-23-16(3)20(15(2)22-23)17-8-11-26-13-17/h4-8,11,13H,9-10,12H2,1-3H3,(H,21,24). The molecule has 0 fully saturated rings. The average Bonchev–Trinajstić information content (AvgIpc) is 3.22. The highest BCUT2D eigenvalue weighted by atomic mass is 32.1. The minimum atomic E-state index is -0.132. The second-order valence-corrected chi connectivity index (χ2v) is 6.97. The lowest BCUT2D eigenvalue weighted by Gasteiger charge is -2.10. The van der Waals surface area contributed by atoms with E-state index >= 15 is 0 Å². The normalized spacial score (nSPS) is 10.7. The lowest BCUT2D eigenvalue weighted by atomic mass is 10.1. The number of ether oxygens (including phenoxy) is 1. The molecule has 0 atom stereocenters. The number of carbonyl (C=O) groups excluding carboxylic acids is 1. The topological polar surface area (TPSA) is 56.1 Å². The summed E-state index contributed by atoms with van der Waals surface area (Å²) in [6.45, 7) is 7.21. The maximum absolute atomic E-state index is 12.0. The van der Waals surface area contributed by atoms with Crippen molar-refractivity contribution in [2.24, 2.45) is 0 Å². The van der Waals surface area contributed by atoms with Crippen LogP contribution in [-0.4, -0.2) is 28.8 Å². The van der Waals surface area contributed by atoms with Crippen LogP contribution in [0.4, 0.5) is 0 Å². The molecule has 0 spiro atoms. The molecule has 0 saturated carbocycles. The molecule has 0 saturated heterocycles. The fraction of sp³-hybridized carbons (Fsp3) is 0.300.